The molecule has 0 saturated carbocycles. The Morgan fingerprint density at radius 2 is 2.45 bits per heavy atom. The number of imidazole rings is 1. The summed E-state index contributed by atoms with van der Waals surface area (Å²) in [5.41, 5.74) is 7.83. The number of nitrogens with one attached hydrogen (secondary N) is 1. The number of nitrogens with zero attached hydrogens (tertiary/aromatic N) is 1. The van der Waals surface area contributed by atoms with Crippen molar-refractivity contribution in [1.82, 2.24) is 9.97 Å². The topological polar surface area (TPSA) is 54.7 Å². The van der Waals surface area contributed by atoms with Crippen molar-refractivity contribution in [2.45, 2.75) is 26.2 Å². The first-order valence-corrected chi connectivity index (χ1v) is 4.09. The number of nitrogens with two attached hydrogens (primary N) is 1. The Morgan fingerprint density at radius 3 is 3.09 bits per heavy atom. The quantitative estimate of drug-likeness (QED) is 0.674. The van der Waals surface area contributed by atoms with Crippen LogP contribution in [0.4, 0.5) is 0 Å². The molecule has 1 aromatic heterocycles. The van der Waals surface area contributed by atoms with Crippen LogP contribution in [0.1, 0.15) is 24.7 Å². The molecule has 3 nitrogen and oxygen atoms in total. The predicted molar refractivity (Wildman–Crippen MR) is 45.3 cm³/mol. The lowest BCUT2D eigenvalue weighted by Gasteiger charge is -1.97. The SMILES string of the molecule is CCc1nc[nH]c1CCCN. The molecule has 11 heavy (non-hydrogen) atoms. The molecule has 0 atom stereocenters. The third-order valence-corrected chi connectivity index (χ3v) is 1.77. The number of rotatable bonds is 4. The van der Waals surface area contributed by atoms with E-state index in [9.17, 15) is 0 Å². The number of hydrogen-bond acceptors (Lipinski definition) is 2. The van der Waals surface area contributed by atoms with Gasteiger partial charge in [-0.15, -0.1) is 0 Å². The van der Waals surface area contributed by atoms with Crippen LogP contribution in [-0.2, 0) is 12.8 Å². The number of aromatic nitrogens is 2. The van der Waals surface area contributed by atoms with Gasteiger partial charge in [-0.1, -0.05) is 6.92 Å². The van der Waals surface area contributed by atoms with Crippen molar-refractivity contribution >= 4 is 0 Å². The number of aromatic amines is 1. The highest BCUT2D eigenvalue weighted by molar-refractivity contribution is 5.10. The minimum Gasteiger partial charge on any atom is -0.348 e. The van der Waals surface area contributed by atoms with E-state index in [4.69, 9.17) is 5.73 Å². The van der Waals surface area contributed by atoms with Gasteiger partial charge in [0.15, 0.2) is 0 Å². The van der Waals surface area contributed by atoms with Gasteiger partial charge in [0.25, 0.3) is 0 Å². The van der Waals surface area contributed by atoms with Crippen LogP contribution in [0.15, 0.2) is 6.33 Å². The first-order chi connectivity index (χ1) is 5.38. The maximum atomic E-state index is 5.40. The first-order valence-electron chi connectivity index (χ1n) is 4.09. The van der Waals surface area contributed by atoms with Crippen molar-refractivity contribution in [2.24, 2.45) is 5.73 Å². The average Bonchev–Trinajstić information content (AvgIpc) is 2.47. The second-order valence-electron chi connectivity index (χ2n) is 2.57. The summed E-state index contributed by atoms with van der Waals surface area (Å²) in [5, 5.41) is 0. The van der Waals surface area contributed by atoms with Gasteiger partial charge >= 0.3 is 0 Å². The molecule has 0 aromatic carbocycles. The average molecular weight is 153 g/mol. The molecule has 0 fully saturated rings. The molecular formula is C8H15N3. The molecule has 0 aliphatic carbocycles. The molecular weight excluding hydrogens is 138 g/mol. The van der Waals surface area contributed by atoms with Crippen molar-refractivity contribution in [1.29, 1.82) is 0 Å². The molecule has 0 spiro atoms. The van der Waals surface area contributed by atoms with Crippen LogP contribution in [0.5, 0.6) is 0 Å². The Hall–Kier alpha value is -0.830. The molecule has 0 aliphatic heterocycles. The van der Waals surface area contributed by atoms with E-state index in [-0.39, 0.29) is 0 Å². The van der Waals surface area contributed by atoms with Crippen molar-refractivity contribution in [3.63, 3.8) is 0 Å². The molecule has 0 aliphatic rings. The molecule has 0 unspecified atom stereocenters. The molecule has 3 N–H and O–H groups in total. The molecule has 3 heteroatoms. The zero-order valence-corrected chi connectivity index (χ0v) is 6.93. The zero-order valence-electron chi connectivity index (χ0n) is 6.93. The van der Waals surface area contributed by atoms with Crippen molar-refractivity contribution in [2.75, 3.05) is 6.54 Å². The number of hydrogen-bond donors (Lipinski definition) is 2. The van der Waals surface area contributed by atoms with Crippen molar-refractivity contribution in [3.8, 4) is 0 Å². The van der Waals surface area contributed by atoms with Crippen molar-refractivity contribution < 1.29 is 0 Å². The van der Waals surface area contributed by atoms with Gasteiger partial charge in [0.2, 0.25) is 0 Å². The molecule has 1 rings (SSSR count). The minimum absolute atomic E-state index is 0.752. The van der Waals surface area contributed by atoms with Gasteiger partial charge in [-0.05, 0) is 25.8 Å². The molecule has 0 radical (unpaired) electrons. The Kier molecular flexibility index (Phi) is 3.11. The fourth-order valence-electron chi connectivity index (χ4n) is 1.15. The van der Waals surface area contributed by atoms with E-state index in [2.05, 4.69) is 16.9 Å². The lowest BCUT2D eigenvalue weighted by molar-refractivity contribution is 0.803. The maximum Gasteiger partial charge on any atom is 0.0925 e. The molecule has 0 amide bonds. The van der Waals surface area contributed by atoms with Gasteiger partial charge < -0.3 is 10.7 Å². The van der Waals surface area contributed by atoms with Gasteiger partial charge in [-0.25, -0.2) is 4.98 Å². The second kappa shape index (κ2) is 4.13. The highest BCUT2D eigenvalue weighted by Crippen LogP contribution is 2.05. The summed E-state index contributed by atoms with van der Waals surface area (Å²) < 4.78 is 0. The Morgan fingerprint density at radius 1 is 1.64 bits per heavy atom. The Bertz CT molecular complexity index is 205. The van der Waals surface area contributed by atoms with Gasteiger partial charge in [-0.2, -0.15) is 0 Å². The maximum absolute atomic E-state index is 5.40. The highest BCUT2D eigenvalue weighted by atomic mass is 14.9. The summed E-state index contributed by atoms with van der Waals surface area (Å²) >= 11 is 0. The third kappa shape index (κ3) is 2.05. The summed E-state index contributed by atoms with van der Waals surface area (Å²) in [6.45, 7) is 2.87. The van der Waals surface area contributed by atoms with Crippen LogP contribution in [0, 0.1) is 0 Å². The van der Waals surface area contributed by atoms with Crippen molar-refractivity contribution in [3.05, 3.63) is 17.7 Å². The largest absolute Gasteiger partial charge is 0.348 e. The summed E-state index contributed by atoms with van der Waals surface area (Å²) in [7, 11) is 0. The van der Waals surface area contributed by atoms with Crippen LogP contribution >= 0.6 is 0 Å². The van der Waals surface area contributed by atoms with E-state index in [1.54, 1.807) is 6.33 Å². The lowest BCUT2D eigenvalue weighted by atomic mass is 10.2. The summed E-state index contributed by atoms with van der Waals surface area (Å²) in [5.74, 6) is 0. The van der Waals surface area contributed by atoms with E-state index in [1.807, 2.05) is 0 Å². The molecule has 0 saturated heterocycles. The van der Waals surface area contributed by atoms with Gasteiger partial charge in [0.1, 0.15) is 0 Å². The smallest absolute Gasteiger partial charge is 0.0925 e. The monoisotopic (exact) mass is 153 g/mol. The number of aryl methyl sites for hydroxylation is 2. The zero-order chi connectivity index (χ0) is 8.10. The van der Waals surface area contributed by atoms with E-state index < -0.39 is 0 Å². The van der Waals surface area contributed by atoms with E-state index in [1.165, 1.54) is 11.4 Å². The van der Waals surface area contributed by atoms with E-state index >= 15 is 0 Å². The fourth-order valence-corrected chi connectivity index (χ4v) is 1.15. The van der Waals surface area contributed by atoms with Crippen LogP contribution in [0.3, 0.4) is 0 Å². The normalized spacial score (nSPS) is 10.4. The summed E-state index contributed by atoms with van der Waals surface area (Å²) in [6.07, 6.45) is 4.82. The van der Waals surface area contributed by atoms with Crippen LogP contribution in [0.25, 0.3) is 0 Å². The summed E-state index contributed by atoms with van der Waals surface area (Å²) in [4.78, 5) is 7.32. The Labute approximate surface area is 67.0 Å². The van der Waals surface area contributed by atoms with Crippen LogP contribution in [-0.4, -0.2) is 16.5 Å². The molecule has 1 heterocycles. The lowest BCUT2D eigenvalue weighted by Crippen LogP contribution is -2.01. The van der Waals surface area contributed by atoms with Crippen LogP contribution < -0.4 is 5.73 Å². The molecule has 1 aromatic rings. The van der Waals surface area contributed by atoms with Gasteiger partial charge in [-0.3, -0.25) is 0 Å². The van der Waals surface area contributed by atoms with E-state index in [0.29, 0.717) is 0 Å². The fraction of sp³-hybridized carbons (Fsp3) is 0.625. The van der Waals surface area contributed by atoms with E-state index in [0.717, 1.165) is 25.8 Å². The molecule has 62 valence electrons. The van der Waals surface area contributed by atoms with Gasteiger partial charge in [0.05, 0.1) is 12.0 Å². The predicted octanol–water partition coefficient (Wildman–Crippen LogP) is 0.863. The number of H-pyrrole nitrogens is 1. The third-order valence-electron chi connectivity index (χ3n) is 1.77. The minimum atomic E-state index is 0.752. The van der Waals surface area contributed by atoms with Crippen LogP contribution in [0.2, 0.25) is 0 Å². The Balaban J connectivity index is 2.54. The standard InChI is InChI=1S/C8H15N3/c1-2-7-8(4-3-5-9)11-6-10-7/h6H,2-5,9H2,1H3,(H,10,11). The highest BCUT2D eigenvalue weighted by Gasteiger charge is 2.01. The summed E-state index contributed by atoms with van der Waals surface area (Å²) in [6, 6.07) is 0. The molecule has 0 bridgehead atoms. The first kappa shape index (κ1) is 8.27. The van der Waals surface area contributed by atoms with Gasteiger partial charge in [0, 0.05) is 5.69 Å². The second-order valence-corrected chi connectivity index (χ2v) is 2.57.